The molecule has 0 bridgehead atoms. The lowest BCUT2D eigenvalue weighted by Gasteiger charge is -2.18. The Morgan fingerprint density at radius 3 is 2.76 bits per heavy atom. The van der Waals surface area contributed by atoms with Crippen molar-refractivity contribution >= 4 is 16.8 Å². The Balaban J connectivity index is 2.14. The largest absolute Gasteiger partial charge is 0.351 e. The van der Waals surface area contributed by atoms with Crippen molar-refractivity contribution in [3.8, 4) is 0 Å². The molecule has 2 rings (SSSR count). The molecule has 1 aromatic heterocycles. The van der Waals surface area contributed by atoms with Gasteiger partial charge in [0.15, 0.2) is 0 Å². The van der Waals surface area contributed by atoms with Crippen LogP contribution in [-0.4, -0.2) is 23.0 Å². The van der Waals surface area contributed by atoms with Crippen molar-refractivity contribution in [3.05, 3.63) is 36.0 Å². The number of nitrogens with one attached hydrogen (secondary N) is 2. The molecule has 0 unspecified atom stereocenters. The molecule has 1 amide bonds. The summed E-state index contributed by atoms with van der Waals surface area (Å²) in [6.07, 6.45) is 0. The van der Waals surface area contributed by atoms with Gasteiger partial charge in [-0.15, -0.1) is 0 Å². The molecule has 1 aromatic carbocycles. The van der Waals surface area contributed by atoms with Crippen molar-refractivity contribution in [2.24, 2.45) is 5.73 Å². The molecule has 4 heteroatoms. The minimum absolute atomic E-state index is 0.125. The molecule has 0 radical (unpaired) electrons. The Morgan fingerprint density at radius 1 is 1.41 bits per heavy atom. The number of rotatable bonds is 3. The molecule has 0 fully saturated rings. The Hall–Kier alpha value is -1.81. The number of carbonyl (C=O) groups excluding carboxylic acids is 1. The van der Waals surface area contributed by atoms with Crippen molar-refractivity contribution in [2.45, 2.75) is 19.4 Å². The van der Waals surface area contributed by atoms with Gasteiger partial charge in [0.1, 0.15) is 5.69 Å². The first-order valence-electron chi connectivity index (χ1n) is 5.60. The summed E-state index contributed by atoms with van der Waals surface area (Å²) in [5, 5.41) is 3.84. The molecular formula is C13H17N3O. The van der Waals surface area contributed by atoms with Gasteiger partial charge in [0.25, 0.3) is 5.91 Å². The zero-order valence-electron chi connectivity index (χ0n) is 10.1. The first-order chi connectivity index (χ1) is 7.96. The Labute approximate surface area is 100 Å². The van der Waals surface area contributed by atoms with E-state index < -0.39 is 5.54 Å². The first-order valence-corrected chi connectivity index (χ1v) is 5.60. The summed E-state index contributed by atoms with van der Waals surface area (Å²) in [4.78, 5) is 14.9. The molecule has 1 heterocycles. The number of hydrogen-bond acceptors (Lipinski definition) is 2. The minimum Gasteiger partial charge on any atom is -0.351 e. The van der Waals surface area contributed by atoms with Crippen molar-refractivity contribution in [1.82, 2.24) is 10.3 Å². The van der Waals surface area contributed by atoms with Crippen LogP contribution in [0.2, 0.25) is 0 Å². The number of carbonyl (C=O) groups is 1. The van der Waals surface area contributed by atoms with Crippen LogP contribution in [-0.2, 0) is 0 Å². The number of fused-ring (bicyclic) bond motifs is 1. The van der Waals surface area contributed by atoms with Crippen LogP contribution < -0.4 is 11.1 Å². The number of aromatic nitrogens is 1. The van der Waals surface area contributed by atoms with E-state index in [0.717, 1.165) is 10.9 Å². The Bertz CT molecular complexity index is 504. The lowest BCUT2D eigenvalue weighted by molar-refractivity contribution is 0.0942. The summed E-state index contributed by atoms with van der Waals surface area (Å²) in [6.45, 7) is 4.19. The molecule has 0 aliphatic carbocycles. The van der Waals surface area contributed by atoms with Crippen LogP contribution in [0.3, 0.4) is 0 Å². The second-order valence-electron chi connectivity index (χ2n) is 4.94. The van der Waals surface area contributed by atoms with Gasteiger partial charge in [0, 0.05) is 23.0 Å². The summed E-state index contributed by atoms with van der Waals surface area (Å²) in [5.74, 6) is -0.125. The topological polar surface area (TPSA) is 70.9 Å². The SMILES string of the molecule is CC(C)(N)CNC(=O)c1cc2ccccc2[nH]1. The fraction of sp³-hybridized carbons (Fsp3) is 0.308. The average Bonchev–Trinajstić information content (AvgIpc) is 2.68. The van der Waals surface area contributed by atoms with Crippen LogP contribution in [0.5, 0.6) is 0 Å². The van der Waals surface area contributed by atoms with Gasteiger partial charge in [-0.05, 0) is 26.0 Å². The second kappa shape index (κ2) is 4.22. The molecule has 0 saturated carbocycles. The number of nitrogens with two attached hydrogens (primary N) is 1. The smallest absolute Gasteiger partial charge is 0.267 e. The summed E-state index contributed by atoms with van der Waals surface area (Å²) in [5.41, 5.74) is 6.94. The molecular weight excluding hydrogens is 214 g/mol. The molecule has 17 heavy (non-hydrogen) atoms. The quantitative estimate of drug-likeness (QED) is 0.751. The molecule has 0 saturated heterocycles. The fourth-order valence-electron chi connectivity index (χ4n) is 1.60. The predicted molar refractivity (Wildman–Crippen MR) is 68.9 cm³/mol. The van der Waals surface area contributed by atoms with E-state index >= 15 is 0 Å². The zero-order valence-corrected chi connectivity index (χ0v) is 10.1. The van der Waals surface area contributed by atoms with E-state index in [1.807, 2.05) is 44.2 Å². The van der Waals surface area contributed by atoms with E-state index in [4.69, 9.17) is 5.73 Å². The highest BCUT2D eigenvalue weighted by molar-refractivity contribution is 5.97. The van der Waals surface area contributed by atoms with Gasteiger partial charge < -0.3 is 16.0 Å². The third-order valence-corrected chi connectivity index (χ3v) is 2.48. The van der Waals surface area contributed by atoms with Crippen molar-refractivity contribution in [3.63, 3.8) is 0 Å². The van der Waals surface area contributed by atoms with Crippen molar-refractivity contribution < 1.29 is 4.79 Å². The van der Waals surface area contributed by atoms with Crippen LogP contribution in [0.4, 0.5) is 0 Å². The molecule has 0 atom stereocenters. The second-order valence-corrected chi connectivity index (χ2v) is 4.94. The molecule has 0 aliphatic heterocycles. The third kappa shape index (κ3) is 2.85. The Kier molecular flexibility index (Phi) is 2.90. The van der Waals surface area contributed by atoms with Crippen LogP contribution >= 0.6 is 0 Å². The van der Waals surface area contributed by atoms with Gasteiger partial charge in [0.2, 0.25) is 0 Å². The number of hydrogen-bond donors (Lipinski definition) is 3. The highest BCUT2D eigenvalue weighted by atomic mass is 16.1. The van der Waals surface area contributed by atoms with Crippen molar-refractivity contribution in [1.29, 1.82) is 0 Å². The van der Waals surface area contributed by atoms with E-state index in [1.165, 1.54) is 0 Å². The normalized spacial score (nSPS) is 11.7. The number of amides is 1. The number of H-pyrrole nitrogens is 1. The third-order valence-electron chi connectivity index (χ3n) is 2.48. The standard InChI is InChI=1S/C13H17N3O/c1-13(2,14)8-15-12(17)11-7-9-5-3-4-6-10(9)16-11/h3-7,16H,8,14H2,1-2H3,(H,15,17). The van der Waals surface area contributed by atoms with Gasteiger partial charge in [-0.3, -0.25) is 4.79 Å². The van der Waals surface area contributed by atoms with Gasteiger partial charge in [-0.25, -0.2) is 0 Å². The van der Waals surface area contributed by atoms with Crippen LogP contribution in [0.1, 0.15) is 24.3 Å². The molecule has 0 spiro atoms. The lowest BCUT2D eigenvalue weighted by atomic mass is 10.1. The highest BCUT2D eigenvalue weighted by Gasteiger charge is 2.14. The number of aromatic amines is 1. The molecule has 4 nitrogen and oxygen atoms in total. The van der Waals surface area contributed by atoms with E-state index in [-0.39, 0.29) is 5.91 Å². The van der Waals surface area contributed by atoms with E-state index in [0.29, 0.717) is 12.2 Å². The average molecular weight is 231 g/mol. The maximum atomic E-state index is 11.9. The summed E-state index contributed by atoms with van der Waals surface area (Å²) in [7, 11) is 0. The Morgan fingerprint density at radius 2 is 2.12 bits per heavy atom. The fourth-order valence-corrected chi connectivity index (χ4v) is 1.60. The molecule has 0 aliphatic rings. The minimum atomic E-state index is -0.401. The summed E-state index contributed by atoms with van der Waals surface area (Å²) in [6, 6.07) is 9.63. The van der Waals surface area contributed by atoms with Crippen molar-refractivity contribution in [2.75, 3.05) is 6.54 Å². The predicted octanol–water partition coefficient (Wildman–Crippen LogP) is 1.63. The monoisotopic (exact) mass is 231 g/mol. The molecule has 4 N–H and O–H groups in total. The summed E-state index contributed by atoms with van der Waals surface area (Å²) >= 11 is 0. The van der Waals surface area contributed by atoms with E-state index in [2.05, 4.69) is 10.3 Å². The highest BCUT2D eigenvalue weighted by Crippen LogP contribution is 2.14. The molecule has 2 aromatic rings. The molecule has 90 valence electrons. The first kappa shape index (κ1) is 11.7. The zero-order chi connectivity index (χ0) is 12.5. The van der Waals surface area contributed by atoms with Crippen LogP contribution in [0, 0.1) is 0 Å². The number of para-hydroxylation sites is 1. The summed E-state index contributed by atoms with van der Waals surface area (Å²) < 4.78 is 0. The maximum Gasteiger partial charge on any atom is 0.267 e. The van der Waals surface area contributed by atoms with Gasteiger partial charge >= 0.3 is 0 Å². The maximum absolute atomic E-state index is 11.9. The lowest BCUT2D eigenvalue weighted by Crippen LogP contribution is -2.45. The van der Waals surface area contributed by atoms with Crippen LogP contribution in [0.15, 0.2) is 30.3 Å². The van der Waals surface area contributed by atoms with E-state index in [1.54, 1.807) is 0 Å². The van der Waals surface area contributed by atoms with Crippen LogP contribution in [0.25, 0.3) is 10.9 Å². The van der Waals surface area contributed by atoms with Gasteiger partial charge in [0.05, 0.1) is 0 Å². The number of benzene rings is 1. The van der Waals surface area contributed by atoms with E-state index in [9.17, 15) is 4.79 Å². The van der Waals surface area contributed by atoms with Gasteiger partial charge in [-0.1, -0.05) is 18.2 Å². The van der Waals surface area contributed by atoms with Gasteiger partial charge in [-0.2, -0.15) is 0 Å².